The van der Waals surface area contributed by atoms with Gasteiger partial charge in [-0.1, -0.05) is 12.2 Å². The second-order valence-electron chi connectivity index (χ2n) is 4.39. The summed E-state index contributed by atoms with van der Waals surface area (Å²) >= 11 is 0. The van der Waals surface area contributed by atoms with Gasteiger partial charge in [-0.3, -0.25) is 0 Å². The molecule has 1 aliphatic heterocycles. The molecular formula is C10H15NO. The largest absolute Gasteiger partial charge is 0.395 e. The van der Waals surface area contributed by atoms with Crippen LogP contribution in [0.5, 0.6) is 0 Å². The number of fused-ring (bicyclic) bond motifs is 5. The van der Waals surface area contributed by atoms with Crippen molar-refractivity contribution >= 4 is 0 Å². The SMILES string of the molecule is OCC1NCC2C3C=CC(C3)C12. The zero-order valence-corrected chi connectivity index (χ0v) is 7.11. The zero-order chi connectivity index (χ0) is 8.13. The van der Waals surface area contributed by atoms with Crippen LogP contribution >= 0.6 is 0 Å². The van der Waals surface area contributed by atoms with Crippen LogP contribution in [0.3, 0.4) is 0 Å². The molecular weight excluding hydrogens is 150 g/mol. The van der Waals surface area contributed by atoms with E-state index in [2.05, 4.69) is 17.5 Å². The van der Waals surface area contributed by atoms with Gasteiger partial charge in [-0.25, -0.2) is 0 Å². The van der Waals surface area contributed by atoms with Gasteiger partial charge in [0.15, 0.2) is 0 Å². The Kier molecular flexibility index (Phi) is 1.38. The normalized spacial score (nSPS) is 54.9. The van der Waals surface area contributed by atoms with Crippen LogP contribution in [0.4, 0.5) is 0 Å². The number of allylic oxidation sites excluding steroid dienone is 2. The van der Waals surface area contributed by atoms with E-state index in [1.165, 1.54) is 6.42 Å². The van der Waals surface area contributed by atoms with E-state index >= 15 is 0 Å². The molecule has 66 valence electrons. The average molecular weight is 165 g/mol. The maximum Gasteiger partial charge on any atom is 0.0587 e. The molecule has 0 radical (unpaired) electrons. The van der Waals surface area contributed by atoms with Gasteiger partial charge < -0.3 is 10.4 Å². The summed E-state index contributed by atoms with van der Waals surface area (Å²) in [6.07, 6.45) is 6.10. The molecule has 2 nitrogen and oxygen atoms in total. The fraction of sp³-hybridized carbons (Fsp3) is 0.800. The molecule has 1 saturated heterocycles. The highest BCUT2D eigenvalue weighted by atomic mass is 16.3. The number of aliphatic hydroxyl groups is 1. The lowest BCUT2D eigenvalue weighted by Gasteiger charge is -2.23. The van der Waals surface area contributed by atoms with Crippen LogP contribution < -0.4 is 5.32 Å². The highest BCUT2D eigenvalue weighted by molar-refractivity contribution is 5.18. The van der Waals surface area contributed by atoms with Crippen molar-refractivity contribution in [1.29, 1.82) is 0 Å². The standard InChI is InChI=1S/C10H15NO/c12-5-9-10-7-2-1-6(3-7)8(10)4-11-9/h1-2,6-12H,3-5H2. The molecule has 2 heteroatoms. The first-order valence-corrected chi connectivity index (χ1v) is 4.92. The van der Waals surface area contributed by atoms with E-state index in [4.69, 9.17) is 5.11 Å². The summed E-state index contributed by atoms with van der Waals surface area (Å²) < 4.78 is 0. The predicted molar refractivity (Wildman–Crippen MR) is 46.6 cm³/mol. The molecule has 0 aromatic rings. The maximum absolute atomic E-state index is 9.15. The molecule has 2 bridgehead atoms. The minimum Gasteiger partial charge on any atom is -0.395 e. The van der Waals surface area contributed by atoms with Gasteiger partial charge in [0.1, 0.15) is 0 Å². The van der Waals surface area contributed by atoms with Crippen LogP contribution in [0.1, 0.15) is 6.42 Å². The molecule has 1 heterocycles. The Bertz CT molecular complexity index is 226. The second-order valence-corrected chi connectivity index (χ2v) is 4.39. The summed E-state index contributed by atoms with van der Waals surface area (Å²) in [5.41, 5.74) is 0. The van der Waals surface area contributed by atoms with Crippen molar-refractivity contribution in [1.82, 2.24) is 5.32 Å². The Morgan fingerprint density at radius 1 is 1.33 bits per heavy atom. The fourth-order valence-corrected chi connectivity index (χ4v) is 3.46. The Hall–Kier alpha value is -0.340. The van der Waals surface area contributed by atoms with E-state index < -0.39 is 0 Å². The molecule has 3 rings (SSSR count). The molecule has 5 unspecified atom stereocenters. The first-order valence-electron chi connectivity index (χ1n) is 4.92. The molecule has 5 atom stereocenters. The van der Waals surface area contributed by atoms with E-state index in [0.29, 0.717) is 12.6 Å². The van der Waals surface area contributed by atoms with Crippen LogP contribution in [0.15, 0.2) is 12.2 Å². The summed E-state index contributed by atoms with van der Waals surface area (Å²) in [6, 6.07) is 0.384. The molecule has 2 fully saturated rings. The lowest BCUT2D eigenvalue weighted by molar-refractivity contribution is 0.206. The van der Waals surface area contributed by atoms with Gasteiger partial charge in [-0.05, 0) is 36.6 Å². The third kappa shape index (κ3) is 0.723. The monoisotopic (exact) mass is 165 g/mol. The van der Waals surface area contributed by atoms with Gasteiger partial charge in [0, 0.05) is 6.04 Å². The van der Waals surface area contributed by atoms with Gasteiger partial charge in [0.2, 0.25) is 0 Å². The third-order valence-corrected chi connectivity index (χ3v) is 3.97. The third-order valence-electron chi connectivity index (χ3n) is 3.97. The topological polar surface area (TPSA) is 32.3 Å². The average Bonchev–Trinajstić information content (AvgIpc) is 2.76. The van der Waals surface area contributed by atoms with Crippen molar-refractivity contribution in [3.05, 3.63) is 12.2 Å². The second kappa shape index (κ2) is 2.33. The highest BCUT2D eigenvalue weighted by Gasteiger charge is 2.50. The van der Waals surface area contributed by atoms with Crippen molar-refractivity contribution < 1.29 is 5.11 Å². The highest BCUT2D eigenvalue weighted by Crippen LogP contribution is 2.51. The molecule has 1 saturated carbocycles. The van der Waals surface area contributed by atoms with Crippen LogP contribution in [-0.4, -0.2) is 24.3 Å². The maximum atomic E-state index is 9.15. The molecule has 0 aromatic carbocycles. The van der Waals surface area contributed by atoms with Crippen LogP contribution in [0.25, 0.3) is 0 Å². The van der Waals surface area contributed by atoms with Gasteiger partial charge in [-0.2, -0.15) is 0 Å². The predicted octanol–water partition coefficient (Wildman–Crippen LogP) is 0.389. The Balaban J connectivity index is 1.89. The van der Waals surface area contributed by atoms with Gasteiger partial charge >= 0.3 is 0 Å². The van der Waals surface area contributed by atoms with E-state index in [9.17, 15) is 0 Å². The number of aliphatic hydroxyl groups excluding tert-OH is 1. The number of hydrogen-bond donors (Lipinski definition) is 2. The van der Waals surface area contributed by atoms with E-state index in [1.54, 1.807) is 0 Å². The van der Waals surface area contributed by atoms with Crippen molar-refractivity contribution in [3.63, 3.8) is 0 Å². The van der Waals surface area contributed by atoms with Gasteiger partial charge in [0.05, 0.1) is 6.61 Å². The number of nitrogens with one attached hydrogen (secondary N) is 1. The van der Waals surface area contributed by atoms with Crippen LogP contribution in [-0.2, 0) is 0 Å². The summed E-state index contributed by atoms with van der Waals surface area (Å²) in [4.78, 5) is 0. The summed E-state index contributed by atoms with van der Waals surface area (Å²) in [5.74, 6) is 3.17. The smallest absolute Gasteiger partial charge is 0.0587 e. The molecule has 0 aromatic heterocycles. The minimum absolute atomic E-state index is 0.318. The summed E-state index contributed by atoms with van der Waals surface area (Å²) in [5, 5.41) is 12.6. The minimum atomic E-state index is 0.318. The zero-order valence-electron chi connectivity index (χ0n) is 7.11. The molecule has 12 heavy (non-hydrogen) atoms. The lowest BCUT2D eigenvalue weighted by atomic mass is 9.82. The van der Waals surface area contributed by atoms with E-state index in [-0.39, 0.29) is 0 Å². The van der Waals surface area contributed by atoms with Crippen molar-refractivity contribution in [2.45, 2.75) is 12.5 Å². The summed E-state index contributed by atoms with van der Waals surface area (Å²) in [7, 11) is 0. The van der Waals surface area contributed by atoms with Crippen LogP contribution in [0.2, 0.25) is 0 Å². The number of hydrogen-bond acceptors (Lipinski definition) is 2. The quantitative estimate of drug-likeness (QED) is 0.551. The molecule has 2 N–H and O–H groups in total. The molecule has 0 amide bonds. The van der Waals surface area contributed by atoms with Crippen molar-refractivity contribution in [2.24, 2.45) is 23.7 Å². The number of rotatable bonds is 1. The molecule has 3 aliphatic rings. The molecule has 2 aliphatic carbocycles. The van der Waals surface area contributed by atoms with Crippen molar-refractivity contribution in [3.8, 4) is 0 Å². The van der Waals surface area contributed by atoms with Gasteiger partial charge in [0.25, 0.3) is 0 Å². The van der Waals surface area contributed by atoms with E-state index in [0.717, 1.165) is 30.2 Å². The fourth-order valence-electron chi connectivity index (χ4n) is 3.46. The Morgan fingerprint density at radius 2 is 2.17 bits per heavy atom. The first kappa shape index (κ1) is 7.10. The Morgan fingerprint density at radius 3 is 3.00 bits per heavy atom. The van der Waals surface area contributed by atoms with Crippen LogP contribution in [0, 0.1) is 23.7 Å². The van der Waals surface area contributed by atoms with Crippen molar-refractivity contribution in [2.75, 3.05) is 13.2 Å². The van der Waals surface area contributed by atoms with Gasteiger partial charge in [-0.15, -0.1) is 0 Å². The first-order chi connectivity index (χ1) is 5.90. The molecule has 0 spiro atoms. The lowest BCUT2D eigenvalue weighted by Crippen LogP contribution is -2.33. The van der Waals surface area contributed by atoms with E-state index in [1.807, 2.05) is 0 Å². The summed E-state index contributed by atoms with van der Waals surface area (Å²) in [6.45, 7) is 1.44. The Labute approximate surface area is 72.7 Å².